The van der Waals surface area contributed by atoms with Gasteiger partial charge < -0.3 is 15.2 Å². The van der Waals surface area contributed by atoms with E-state index in [1.54, 1.807) is 12.2 Å². The highest BCUT2D eigenvalue weighted by Gasteiger charge is 2.41. The molecule has 0 aliphatic heterocycles. The van der Waals surface area contributed by atoms with Gasteiger partial charge in [-0.25, -0.2) is 0 Å². The fourth-order valence-corrected chi connectivity index (χ4v) is 2.96. The molecule has 124 valence electrons. The minimum atomic E-state index is -0.119. The third-order valence-corrected chi connectivity index (χ3v) is 4.82. The lowest BCUT2D eigenvalue weighted by atomic mass is 10.1. The fourth-order valence-electron chi connectivity index (χ4n) is 2.96. The molecule has 0 spiro atoms. The number of carbonyl (C=O) groups is 1. The summed E-state index contributed by atoms with van der Waals surface area (Å²) in [6.45, 7) is 0.703. The molecule has 0 radical (unpaired) electrons. The maximum absolute atomic E-state index is 11.9. The quantitative estimate of drug-likeness (QED) is 0.761. The van der Waals surface area contributed by atoms with E-state index in [4.69, 9.17) is 4.74 Å². The van der Waals surface area contributed by atoms with Crippen molar-refractivity contribution < 1.29 is 14.6 Å². The normalized spacial score (nSPS) is 19.9. The zero-order valence-corrected chi connectivity index (χ0v) is 13.5. The van der Waals surface area contributed by atoms with Crippen molar-refractivity contribution in [1.29, 1.82) is 0 Å². The van der Waals surface area contributed by atoms with Crippen molar-refractivity contribution in [3.05, 3.63) is 35.9 Å². The Bertz CT molecular complexity index is 572. The van der Waals surface area contributed by atoms with Crippen molar-refractivity contribution in [2.45, 2.75) is 44.6 Å². The van der Waals surface area contributed by atoms with Crippen LogP contribution in [-0.4, -0.2) is 30.3 Å². The van der Waals surface area contributed by atoms with Gasteiger partial charge in [-0.1, -0.05) is 12.1 Å². The molecule has 2 saturated carbocycles. The number of hydrogen-bond acceptors (Lipinski definition) is 3. The van der Waals surface area contributed by atoms with Crippen LogP contribution in [0.3, 0.4) is 0 Å². The SMILES string of the molecule is O=C(/C=C/c1cccc(OC2CCCC2)c1)NCC1(CO)CC1. The average molecular weight is 315 g/mol. The van der Waals surface area contributed by atoms with E-state index in [9.17, 15) is 9.90 Å². The Morgan fingerprint density at radius 1 is 1.35 bits per heavy atom. The first-order valence-corrected chi connectivity index (χ1v) is 8.53. The van der Waals surface area contributed by atoms with E-state index in [1.807, 2.05) is 24.3 Å². The van der Waals surface area contributed by atoms with Crippen LogP contribution >= 0.6 is 0 Å². The van der Waals surface area contributed by atoms with Crippen LogP contribution in [0, 0.1) is 5.41 Å². The second kappa shape index (κ2) is 7.18. The number of ether oxygens (including phenoxy) is 1. The Morgan fingerprint density at radius 3 is 2.83 bits per heavy atom. The van der Waals surface area contributed by atoms with Crippen molar-refractivity contribution in [2.75, 3.05) is 13.2 Å². The van der Waals surface area contributed by atoms with Gasteiger partial charge in [0.25, 0.3) is 0 Å². The van der Waals surface area contributed by atoms with Crippen LogP contribution in [0.25, 0.3) is 6.08 Å². The Labute approximate surface area is 137 Å². The second-order valence-electron chi connectivity index (χ2n) is 6.81. The van der Waals surface area contributed by atoms with E-state index in [0.29, 0.717) is 12.6 Å². The van der Waals surface area contributed by atoms with Crippen molar-refractivity contribution in [1.82, 2.24) is 5.32 Å². The van der Waals surface area contributed by atoms with E-state index in [1.165, 1.54) is 12.8 Å². The summed E-state index contributed by atoms with van der Waals surface area (Å²) in [6, 6.07) is 7.85. The van der Waals surface area contributed by atoms with Gasteiger partial charge in [0, 0.05) is 18.0 Å². The first kappa shape index (κ1) is 16.1. The summed E-state index contributed by atoms with van der Waals surface area (Å²) in [5.41, 5.74) is 0.900. The number of nitrogens with one attached hydrogen (secondary N) is 1. The lowest BCUT2D eigenvalue weighted by molar-refractivity contribution is -0.116. The average Bonchev–Trinajstić information content (AvgIpc) is 3.19. The number of carbonyl (C=O) groups excluding carboxylic acids is 1. The van der Waals surface area contributed by atoms with Gasteiger partial charge in [0.15, 0.2) is 0 Å². The van der Waals surface area contributed by atoms with Gasteiger partial charge in [-0.05, 0) is 62.3 Å². The van der Waals surface area contributed by atoms with Crippen LogP contribution < -0.4 is 10.1 Å². The first-order valence-electron chi connectivity index (χ1n) is 8.53. The van der Waals surface area contributed by atoms with E-state index in [-0.39, 0.29) is 17.9 Å². The third-order valence-electron chi connectivity index (χ3n) is 4.82. The smallest absolute Gasteiger partial charge is 0.244 e. The van der Waals surface area contributed by atoms with Gasteiger partial charge >= 0.3 is 0 Å². The van der Waals surface area contributed by atoms with Gasteiger partial charge in [-0.15, -0.1) is 0 Å². The third kappa shape index (κ3) is 4.58. The summed E-state index contributed by atoms with van der Waals surface area (Å²) in [7, 11) is 0. The maximum Gasteiger partial charge on any atom is 0.244 e. The molecule has 4 nitrogen and oxygen atoms in total. The number of amides is 1. The van der Waals surface area contributed by atoms with Crippen LogP contribution in [0.4, 0.5) is 0 Å². The summed E-state index contributed by atoms with van der Waals surface area (Å²) in [5, 5.41) is 12.1. The van der Waals surface area contributed by atoms with Gasteiger partial charge in [0.2, 0.25) is 5.91 Å². The molecular weight excluding hydrogens is 290 g/mol. The monoisotopic (exact) mass is 315 g/mol. The van der Waals surface area contributed by atoms with Gasteiger partial charge in [0.1, 0.15) is 5.75 Å². The number of hydrogen-bond donors (Lipinski definition) is 2. The second-order valence-corrected chi connectivity index (χ2v) is 6.81. The molecule has 2 aliphatic rings. The van der Waals surface area contributed by atoms with E-state index < -0.39 is 0 Å². The summed E-state index contributed by atoms with van der Waals surface area (Å²) in [6.07, 6.45) is 10.4. The molecule has 2 aliphatic carbocycles. The highest BCUT2D eigenvalue weighted by Crippen LogP contribution is 2.44. The predicted molar refractivity (Wildman–Crippen MR) is 90.1 cm³/mol. The largest absolute Gasteiger partial charge is 0.490 e. The molecule has 0 unspecified atom stereocenters. The predicted octanol–water partition coefficient (Wildman–Crippen LogP) is 2.91. The summed E-state index contributed by atoms with van der Waals surface area (Å²) < 4.78 is 5.98. The minimum Gasteiger partial charge on any atom is -0.490 e. The molecule has 0 heterocycles. The Morgan fingerprint density at radius 2 is 2.13 bits per heavy atom. The summed E-state index contributed by atoms with van der Waals surface area (Å²) in [5.74, 6) is 0.753. The lowest BCUT2D eigenvalue weighted by Crippen LogP contribution is -2.30. The van der Waals surface area contributed by atoms with Gasteiger partial charge in [-0.3, -0.25) is 4.79 Å². The topological polar surface area (TPSA) is 58.6 Å². The number of rotatable bonds is 7. The maximum atomic E-state index is 11.9. The van der Waals surface area contributed by atoms with Gasteiger partial charge in [-0.2, -0.15) is 0 Å². The van der Waals surface area contributed by atoms with Crippen molar-refractivity contribution in [2.24, 2.45) is 5.41 Å². The molecule has 1 aromatic rings. The van der Waals surface area contributed by atoms with Crippen LogP contribution in [0.15, 0.2) is 30.3 Å². The van der Waals surface area contributed by atoms with Crippen molar-refractivity contribution in [3.8, 4) is 5.75 Å². The highest BCUT2D eigenvalue weighted by molar-refractivity contribution is 5.91. The van der Waals surface area contributed by atoms with Crippen LogP contribution in [0.2, 0.25) is 0 Å². The molecule has 0 bridgehead atoms. The van der Waals surface area contributed by atoms with Gasteiger partial charge in [0.05, 0.1) is 12.7 Å². The number of aliphatic hydroxyl groups is 1. The first-order chi connectivity index (χ1) is 11.2. The zero-order chi connectivity index (χ0) is 16.1. The number of benzene rings is 1. The molecule has 3 rings (SSSR count). The van der Waals surface area contributed by atoms with Crippen molar-refractivity contribution in [3.63, 3.8) is 0 Å². The molecule has 0 aromatic heterocycles. The molecule has 1 amide bonds. The standard InChI is InChI=1S/C19H25NO3/c21-14-19(10-11-19)13-20-18(22)9-8-15-4-3-7-17(12-15)23-16-5-1-2-6-16/h3-4,7-9,12,16,21H,1-2,5-6,10-11,13-14H2,(H,20,22)/b9-8+. The molecule has 23 heavy (non-hydrogen) atoms. The molecule has 2 fully saturated rings. The number of aliphatic hydroxyl groups excluding tert-OH is 1. The summed E-state index contributed by atoms with van der Waals surface area (Å²) >= 11 is 0. The molecule has 0 saturated heterocycles. The zero-order valence-electron chi connectivity index (χ0n) is 13.5. The fraction of sp³-hybridized carbons (Fsp3) is 0.526. The molecule has 2 N–H and O–H groups in total. The van der Waals surface area contributed by atoms with Crippen LogP contribution in [-0.2, 0) is 4.79 Å². The van der Waals surface area contributed by atoms with E-state index in [2.05, 4.69) is 5.32 Å². The van der Waals surface area contributed by atoms with Crippen molar-refractivity contribution >= 4 is 12.0 Å². The lowest BCUT2D eigenvalue weighted by Gasteiger charge is -2.13. The minimum absolute atomic E-state index is 0.0570. The highest BCUT2D eigenvalue weighted by atomic mass is 16.5. The summed E-state index contributed by atoms with van der Waals surface area (Å²) in [4.78, 5) is 11.9. The Hall–Kier alpha value is -1.81. The Balaban J connectivity index is 1.51. The molecule has 0 atom stereocenters. The Kier molecular flexibility index (Phi) is 5.01. The van der Waals surface area contributed by atoms with Crippen LogP contribution in [0.1, 0.15) is 44.1 Å². The van der Waals surface area contributed by atoms with E-state index in [0.717, 1.165) is 37.0 Å². The van der Waals surface area contributed by atoms with Crippen LogP contribution in [0.5, 0.6) is 5.75 Å². The molecular formula is C19H25NO3. The molecule has 4 heteroatoms. The van der Waals surface area contributed by atoms with E-state index >= 15 is 0 Å². The molecule has 1 aromatic carbocycles.